The Bertz CT molecular complexity index is 2750. The zero-order chi connectivity index (χ0) is 67.0. The maximum absolute atomic E-state index is 15.6. The van der Waals surface area contributed by atoms with Gasteiger partial charge in [0.25, 0.3) is 0 Å². The number of hydrogen-bond acceptors (Lipinski definition) is 6. The highest BCUT2D eigenvalue weighted by molar-refractivity contribution is 8.00. The molecule has 2 heterocycles. The molecule has 10 atom stereocenters. The Morgan fingerprint density at radius 3 is 2.94 bits per heavy atom. The Morgan fingerprint density at radius 2 is 2.28 bits per heavy atom. The minimum absolute atomic E-state index is 1.02. The Morgan fingerprint density at radius 1 is 1.42 bits per heavy atom. The van der Waals surface area contributed by atoms with Gasteiger partial charge in [-0.2, -0.15) is 0 Å². The normalized spacial score (nSPS) is 101. The first kappa shape index (κ1) is 5.52. The molecule has 1 N–H and O–H groups in total. The van der Waals surface area contributed by atoms with Gasteiger partial charge in [0.05, 0.1) is 21.4 Å². The minimum atomic E-state index is -6.80. The molecule has 3 saturated carbocycles. The van der Waals surface area contributed by atoms with Gasteiger partial charge in [-0.25, -0.2) is 0 Å². The SMILES string of the molecule is [2H]O[C@@]1([2H])[C@]([2H])(C([2H])([2H])[2H])C23C([2H])([2H])C([2H])([2H])C(=O)C2([2H])C(C([2H])([2H])[2H])(C([2H])(C([2H])([2H])[2H])C([2H])([2H])C3([2H])[2H])[C@]([2H])(OC(=O)C([2H])([2H])SC2([2H])C([2H])([2H])[C@]3([2H])N(C([2H])([2H])[2H])[C@@]([2H])(C2([2H])[2H])C([2H])([2H])C3([2H])[2H])C([2H])([2H])[C@]1(C([2H])=C([2H])[2H])C([2H])([2H])[2H]. The van der Waals surface area contributed by atoms with Crippen molar-refractivity contribution in [3.05, 3.63) is 12.6 Å². The predicted octanol–water partition coefficient (Wildman–Crippen LogP) is 5.25. The lowest BCUT2D eigenvalue weighted by atomic mass is 9.44. The molecule has 0 spiro atoms. The van der Waals surface area contributed by atoms with Crippen LogP contribution in [0.2, 0.25) is 0 Å². The van der Waals surface area contributed by atoms with Crippen LogP contribution >= 0.6 is 11.8 Å². The van der Waals surface area contributed by atoms with Gasteiger partial charge in [-0.15, -0.1) is 18.3 Å². The molecular formula is C30H47NO4S. The Labute approximate surface area is 288 Å². The molecule has 5 nitrogen and oxygen atoms in total. The van der Waals surface area contributed by atoms with E-state index in [1.807, 2.05) is 0 Å². The van der Waals surface area contributed by atoms with Gasteiger partial charge in [0, 0.05) is 93.8 Å². The summed E-state index contributed by atoms with van der Waals surface area (Å²) in [6.07, 6.45) is -62.1. The smallest absolute Gasteiger partial charge is 0.316 e. The number of piperidine rings is 1. The molecule has 2 saturated heterocycles. The average molecular weight is 565 g/mol. The third-order valence-corrected chi connectivity index (χ3v) is 6.18. The molecule has 5 rings (SSSR count). The van der Waals surface area contributed by atoms with E-state index in [1.54, 1.807) is 0 Å². The zero-order valence-electron chi connectivity index (χ0n) is 64.5. The van der Waals surface area contributed by atoms with Crippen LogP contribution in [-0.4, -0.2) is 65.3 Å². The monoisotopic (exact) mass is 565 g/mol. The minimum Gasteiger partial charge on any atom is -0.461 e. The number of esters is 1. The molecule has 4 bridgehead atoms. The molecule has 5 fully saturated rings. The van der Waals surface area contributed by atoms with Crippen molar-refractivity contribution in [2.24, 2.45) is 33.9 Å². The van der Waals surface area contributed by atoms with Crippen LogP contribution in [0.3, 0.4) is 0 Å². The van der Waals surface area contributed by atoms with E-state index in [2.05, 4.69) is 5.11 Å². The maximum Gasteiger partial charge on any atom is 0.316 e. The number of hydrogen-bond donors (Lipinski definition) is 1. The number of Topliss-reactive ketones (excluding diaryl/α,β-unsaturated/α-hetero) is 1. The van der Waals surface area contributed by atoms with Gasteiger partial charge in [0.2, 0.25) is 1.43 Å². The van der Waals surface area contributed by atoms with E-state index in [-0.39, 0.29) is 0 Å². The van der Waals surface area contributed by atoms with Crippen LogP contribution in [0, 0.1) is 33.9 Å². The molecule has 2 aliphatic heterocycles. The van der Waals surface area contributed by atoms with Crippen LogP contribution in [0.4, 0.5) is 0 Å². The van der Waals surface area contributed by atoms with Crippen LogP contribution in [-0.2, 0) is 14.3 Å². The van der Waals surface area contributed by atoms with Gasteiger partial charge in [-0.05, 0) is 75.2 Å². The maximum atomic E-state index is 15.6. The quantitative estimate of drug-likeness (QED) is 0.351. The van der Waals surface area contributed by atoms with E-state index in [0.717, 1.165) is 0 Å². The van der Waals surface area contributed by atoms with Crippen LogP contribution in [0.15, 0.2) is 12.6 Å². The van der Waals surface area contributed by atoms with Gasteiger partial charge < -0.3 is 14.7 Å². The first-order valence-electron chi connectivity index (χ1n) is 33.0. The number of carbonyl (C=O) groups is 2. The summed E-state index contributed by atoms with van der Waals surface area (Å²) in [7, 11) is 0. The predicted molar refractivity (Wildman–Crippen MR) is 145 cm³/mol. The molecule has 3 aliphatic carbocycles. The molecule has 0 amide bonds. The van der Waals surface area contributed by atoms with Crippen molar-refractivity contribution in [2.75, 3.05) is 12.7 Å². The van der Waals surface area contributed by atoms with Crippen molar-refractivity contribution < 1.29 is 82.5 Å². The number of nitrogens with zero attached hydrogens (tertiary/aromatic N) is 1. The van der Waals surface area contributed by atoms with Crippen molar-refractivity contribution in [1.82, 2.24) is 4.90 Å². The summed E-state index contributed by atoms with van der Waals surface area (Å²) in [5.41, 5.74) is -24.7. The summed E-state index contributed by atoms with van der Waals surface area (Å²) in [6, 6.07) is -12.7. The number of ether oxygens (including phenoxy) is 1. The molecule has 0 aromatic rings. The Hall–Kier alpha value is -0.850. The average Bonchev–Trinajstić information content (AvgIpc) is 3.40. The number of rotatable bonds is 6. The third-order valence-electron chi connectivity index (χ3n) is 5.50. The summed E-state index contributed by atoms with van der Waals surface area (Å²) in [5, 5.41) is -0.822. The lowest BCUT2D eigenvalue weighted by Gasteiger charge is -2.61. The number of thioether (sulfide) groups is 1. The fourth-order valence-corrected chi connectivity index (χ4v) is 4.25. The first-order valence-corrected chi connectivity index (χ1v) is 10.4. The molecule has 36 heavy (non-hydrogen) atoms. The van der Waals surface area contributed by atoms with Gasteiger partial charge in [-0.3, -0.25) is 9.59 Å². The third kappa shape index (κ3) is 3.95. The van der Waals surface area contributed by atoms with Crippen LogP contribution < -0.4 is 0 Å². The highest BCUT2D eigenvalue weighted by Gasteiger charge is 2.68. The van der Waals surface area contributed by atoms with Gasteiger partial charge in [0.15, 0.2) is 0 Å². The second-order valence-electron chi connectivity index (χ2n) is 7.57. The van der Waals surface area contributed by atoms with E-state index in [4.69, 9.17) is 50.0 Å². The second kappa shape index (κ2) is 9.41. The van der Waals surface area contributed by atoms with Gasteiger partial charge >= 0.3 is 5.97 Å². The van der Waals surface area contributed by atoms with Crippen molar-refractivity contribution >= 4 is 23.5 Å². The summed E-state index contributed by atoms with van der Waals surface area (Å²) < 4.78 is 428. The molecule has 5 aliphatic rings. The molecule has 0 aromatic carbocycles. The van der Waals surface area contributed by atoms with Crippen molar-refractivity contribution in [3.63, 3.8) is 0 Å². The second-order valence-corrected chi connectivity index (χ2v) is 8.38. The number of ketones is 1. The summed E-state index contributed by atoms with van der Waals surface area (Å²) >= 11 is -1.82. The van der Waals surface area contributed by atoms with Gasteiger partial charge in [-0.1, -0.05) is 33.5 Å². The van der Waals surface area contributed by atoms with Gasteiger partial charge in [0.1, 0.15) is 11.9 Å². The number of fused-ring (bicyclic) bond motifs is 2. The summed E-state index contributed by atoms with van der Waals surface area (Å²) in [5.74, 6) is -26.5. The van der Waals surface area contributed by atoms with Crippen molar-refractivity contribution in [1.29, 1.82) is 1.43 Å². The van der Waals surface area contributed by atoms with Crippen molar-refractivity contribution in [2.45, 2.75) is 114 Å². The fraction of sp³-hybridized carbons (Fsp3) is 0.867. The highest BCUT2D eigenvalue weighted by Crippen LogP contribution is 2.68. The standard InChI is InChI=1S/C30H47NO4S/c1-7-28(4)16-24(35-25(33)17-36-22-14-20-8-9-21(15-22)31(20)6)29(5)18(2)10-12-30(19(3)27(28)34)13-11-23(32)26(29)30/h7,18-22,24,26-27,34H,1,8-17H2,2-6H3/t18?,19-,20+,21+,24+,26?,27-,28+,29?,30?/m0/s1/i1D2,2D3,3D3,4D3,5D3,6D3,7D,8D2,9D2,10D2,11D2,12D2,13D2,14D2,15D2,16D2,17D2,18D,19D,20D,21D,22D,24D,26D,27D,34D. The summed E-state index contributed by atoms with van der Waals surface area (Å²) in [6.45, 7) is -30.2. The molecule has 202 valence electrons. The lowest BCUT2D eigenvalue weighted by molar-refractivity contribution is -0.205. The Kier molecular flexibility index (Phi) is 1.44. The number of aliphatic hydroxyl groups is 1. The molecule has 0 aromatic heterocycles. The molecule has 6 heteroatoms. The molecule has 4 unspecified atom stereocenters. The lowest BCUT2D eigenvalue weighted by Crippen LogP contribution is -2.63. The van der Waals surface area contributed by atoms with Crippen molar-refractivity contribution in [3.8, 4) is 0 Å². The molecule has 0 radical (unpaired) electrons. The molecular weight excluding hydrogens is 470 g/mol. The highest BCUT2D eigenvalue weighted by atomic mass is 32.2. The van der Waals surface area contributed by atoms with E-state index in [1.165, 1.54) is 0 Å². The fourth-order valence-electron chi connectivity index (χ4n) is 3.73. The largest absolute Gasteiger partial charge is 0.461 e. The van der Waals surface area contributed by atoms with E-state index in [0.29, 0.717) is 0 Å². The van der Waals surface area contributed by atoms with Crippen LogP contribution in [0.5, 0.6) is 0 Å². The van der Waals surface area contributed by atoms with Crippen LogP contribution in [0.1, 0.15) is 148 Å². The summed E-state index contributed by atoms with van der Waals surface area (Å²) in [4.78, 5) is 29.9. The number of carbonyl (C=O) groups excluding carboxylic acids is 2. The van der Waals surface area contributed by atoms with E-state index in [9.17, 15) is 19.2 Å². The van der Waals surface area contributed by atoms with Crippen LogP contribution in [0.25, 0.3) is 0 Å². The van der Waals surface area contributed by atoms with E-state index >= 15 is 9.59 Å². The topological polar surface area (TPSA) is 66.8 Å². The first-order chi connectivity index (χ1) is 35.5. The zero-order valence-corrected chi connectivity index (χ0v) is 18.3. The Balaban J connectivity index is 2.31. The van der Waals surface area contributed by atoms with E-state index < -0.39 is 202 Å².